The molecule has 0 spiro atoms. The average Bonchev–Trinajstić information content (AvgIpc) is 2.50. The lowest BCUT2D eigenvalue weighted by molar-refractivity contribution is -0.122. The van der Waals surface area contributed by atoms with E-state index in [-0.39, 0.29) is 16.3 Å². The Labute approximate surface area is 95.0 Å². The fraction of sp³-hybridized carbons (Fsp3) is 0.909. The molecule has 0 aliphatic heterocycles. The molecule has 82 valence electrons. The molecule has 1 N–H and O–H groups in total. The van der Waals surface area contributed by atoms with E-state index in [1.54, 1.807) is 0 Å². The van der Waals surface area contributed by atoms with E-state index in [1.807, 2.05) is 0 Å². The Kier molecular flexibility index (Phi) is 3.99. The molecule has 14 heavy (non-hydrogen) atoms. The number of halogens is 1. The van der Waals surface area contributed by atoms with Crippen LogP contribution in [0.25, 0.3) is 0 Å². The van der Waals surface area contributed by atoms with Gasteiger partial charge in [-0.3, -0.25) is 4.79 Å². The zero-order valence-electron chi connectivity index (χ0n) is 9.27. The molecule has 0 radical (unpaired) electrons. The predicted octanol–water partition coefficient (Wildman–Crippen LogP) is 2.85. The molecule has 1 amide bonds. The number of nitrogens with one attached hydrogen (secondary N) is 1. The van der Waals surface area contributed by atoms with E-state index in [2.05, 4.69) is 42.0 Å². The third-order valence-electron chi connectivity index (χ3n) is 2.97. The molecular weight excluding hydrogens is 242 g/mol. The van der Waals surface area contributed by atoms with Gasteiger partial charge in [0.1, 0.15) is 0 Å². The van der Waals surface area contributed by atoms with Crippen molar-refractivity contribution in [1.82, 2.24) is 5.32 Å². The van der Waals surface area contributed by atoms with E-state index in [4.69, 9.17) is 0 Å². The summed E-state index contributed by atoms with van der Waals surface area (Å²) < 4.78 is 0. The average molecular weight is 262 g/mol. The van der Waals surface area contributed by atoms with Crippen molar-refractivity contribution in [3.05, 3.63) is 0 Å². The maximum atomic E-state index is 11.8. The van der Waals surface area contributed by atoms with Gasteiger partial charge >= 0.3 is 0 Å². The van der Waals surface area contributed by atoms with Gasteiger partial charge in [0.15, 0.2) is 0 Å². The molecule has 0 bridgehead atoms. The Morgan fingerprint density at radius 1 is 1.36 bits per heavy atom. The molecule has 0 saturated heterocycles. The summed E-state index contributed by atoms with van der Waals surface area (Å²) in [4.78, 5) is 11.7. The maximum absolute atomic E-state index is 11.8. The van der Waals surface area contributed by atoms with Gasteiger partial charge < -0.3 is 5.32 Å². The number of alkyl halides is 1. The van der Waals surface area contributed by atoms with E-state index >= 15 is 0 Å². The second-order valence-electron chi connectivity index (χ2n) is 4.90. The first-order valence-corrected chi connectivity index (χ1v) is 6.32. The fourth-order valence-electron chi connectivity index (χ4n) is 1.95. The van der Waals surface area contributed by atoms with Crippen molar-refractivity contribution in [2.75, 3.05) is 0 Å². The topological polar surface area (TPSA) is 29.1 Å². The van der Waals surface area contributed by atoms with Crippen molar-refractivity contribution in [2.45, 2.75) is 56.8 Å². The first kappa shape index (κ1) is 12.0. The van der Waals surface area contributed by atoms with Crippen LogP contribution < -0.4 is 5.32 Å². The van der Waals surface area contributed by atoms with E-state index < -0.39 is 0 Å². The van der Waals surface area contributed by atoms with E-state index in [1.165, 1.54) is 12.8 Å². The maximum Gasteiger partial charge on any atom is 0.234 e. The largest absolute Gasteiger partial charge is 0.350 e. The van der Waals surface area contributed by atoms with Crippen LogP contribution in [-0.4, -0.2) is 16.3 Å². The first-order chi connectivity index (χ1) is 6.44. The third kappa shape index (κ3) is 2.97. The molecule has 0 heterocycles. The second kappa shape index (κ2) is 4.65. The molecule has 1 fully saturated rings. The Balaban J connectivity index is 2.47. The highest BCUT2D eigenvalue weighted by Gasteiger charge is 2.32. The molecule has 1 atom stereocenters. The van der Waals surface area contributed by atoms with Crippen molar-refractivity contribution in [3.63, 3.8) is 0 Å². The van der Waals surface area contributed by atoms with Crippen LogP contribution in [0.1, 0.15) is 46.5 Å². The van der Waals surface area contributed by atoms with Gasteiger partial charge in [0.2, 0.25) is 5.91 Å². The van der Waals surface area contributed by atoms with Gasteiger partial charge in [-0.05, 0) is 25.7 Å². The summed E-state index contributed by atoms with van der Waals surface area (Å²) in [6.07, 6.45) is 4.73. The van der Waals surface area contributed by atoms with Crippen LogP contribution in [0, 0.1) is 5.92 Å². The number of carbonyl (C=O) groups is 1. The number of hydrogen-bond acceptors (Lipinski definition) is 1. The van der Waals surface area contributed by atoms with Crippen molar-refractivity contribution in [2.24, 2.45) is 5.92 Å². The zero-order valence-corrected chi connectivity index (χ0v) is 10.9. The molecule has 1 saturated carbocycles. The highest BCUT2D eigenvalue weighted by molar-refractivity contribution is 9.10. The van der Waals surface area contributed by atoms with Gasteiger partial charge in [-0.2, -0.15) is 0 Å². The van der Waals surface area contributed by atoms with Crippen molar-refractivity contribution in [1.29, 1.82) is 0 Å². The molecule has 0 aromatic heterocycles. The minimum Gasteiger partial charge on any atom is -0.350 e. The molecule has 1 unspecified atom stereocenters. The van der Waals surface area contributed by atoms with Crippen molar-refractivity contribution in [3.8, 4) is 0 Å². The monoisotopic (exact) mass is 261 g/mol. The van der Waals surface area contributed by atoms with Gasteiger partial charge in [-0.25, -0.2) is 0 Å². The van der Waals surface area contributed by atoms with Crippen LogP contribution in [-0.2, 0) is 4.79 Å². The van der Waals surface area contributed by atoms with Gasteiger partial charge in [0.05, 0.1) is 4.83 Å². The summed E-state index contributed by atoms with van der Waals surface area (Å²) in [5.74, 6) is 0.490. The van der Waals surface area contributed by atoms with E-state index in [0.717, 1.165) is 12.8 Å². The lowest BCUT2D eigenvalue weighted by atomic mass is 9.99. The molecular formula is C11H20BrNO. The van der Waals surface area contributed by atoms with Crippen LogP contribution in [0.2, 0.25) is 0 Å². The summed E-state index contributed by atoms with van der Waals surface area (Å²) in [5, 5.41) is 3.15. The summed E-state index contributed by atoms with van der Waals surface area (Å²) in [5.41, 5.74) is 0.0536. The molecule has 0 aromatic carbocycles. The van der Waals surface area contributed by atoms with Gasteiger partial charge in [-0.15, -0.1) is 0 Å². The highest BCUT2D eigenvalue weighted by Crippen LogP contribution is 2.29. The SMILES string of the molecule is CC(C)C(Br)C(=O)NC1(C)CCCC1. The molecule has 2 nitrogen and oxygen atoms in total. The number of amides is 1. The quantitative estimate of drug-likeness (QED) is 0.778. The smallest absolute Gasteiger partial charge is 0.234 e. The summed E-state index contributed by atoms with van der Waals surface area (Å²) in [6.45, 7) is 6.25. The lowest BCUT2D eigenvalue weighted by Crippen LogP contribution is -2.47. The Hall–Kier alpha value is -0.0500. The van der Waals surface area contributed by atoms with Crippen molar-refractivity contribution >= 4 is 21.8 Å². The predicted molar refractivity (Wildman–Crippen MR) is 62.6 cm³/mol. The van der Waals surface area contributed by atoms with Crippen LogP contribution in [0.3, 0.4) is 0 Å². The number of rotatable bonds is 3. The van der Waals surface area contributed by atoms with Crippen LogP contribution in [0.15, 0.2) is 0 Å². The van der Waals surface area contributed by atoms with Gasteiger partial charge in [0, 0.05) is 5.54 Å². The standard InChI is InChI=1S/C11H20BrNO/c1-8(2)9(12)10(14)13-11(3)6-4-5-7-11/h8-9H,4-7H2,1-3H3,(H,13,14). The Morgan fingerprint density at radius 3 is 2.29 bits per heavy atom. The third-order valence-corrected chi connectivity index (χ3v) is 4.44. The zero-order chi connectivity index (χ0) is 10.8. The molecule has 3 heteroatoms. The minimum atomic E-state index is -0.0556. The molecule has 1 aliphatic rings. The number of carbonyl (C=O) groups excluding carboxylic acids is 1. The minimum absolute atomic E-state index is 0.0536. The molecule has 1 rings (SSSR count). The first-order valence-electron chi connectivity index (χ1n) is 5.41. The summed E-state index contributed by atoms with van der Waals surface area (Å²) >= 11 is 3.43. The Bertz CT molecular complexity index is 209. The summed E-state index contributed by atoms with van der Waals surface area (Å²) in [7, 11) is 0. The van der Waals surface area contributed by atoms with Crippen LogP contribution >= 0.6 is 15.9 Å². The van der Waals surface area contributed by atoms with Crippen LogP contribution in [0.4, 0.5) is 0 Å². The van der Waals surface area contributed by atoms with E-state index in [0.29, 0.717) is 5.92 Å². The normalized spacial score (nSPS) is 22.4. The van der Waals surface area contributed by atoms with Crippen molar-refractivity contribution < 1.29 is 4.79 Å². The molecule has 1 aliphatic carbocycles. The fourth-order valence-corrected chi connectivity index (χ4v) is 2.06. The Morgan fingerprint density at radius 2 is 1.86 bits per heavy atom. The van der Waals surface area contributed by atoms with Gasteiger partial charge in [0.25, 0.3) is 0 Å². The number of hydrogen-bond donors (Lipinski definition) is 1. The van der Waals surface area contributed by atoms with Crippen LogP contribution in [0.5, 0.6) is 0 Å². The molecule has 0 aromatic rings. The van der Waals surface area contributed by atoms with Gasteiger partial charge in [-0.1, -0.05) is 42.6 Å². The highest BCUT2D eigenvalue weighted by atomic mass is 79.9. The lowest BCUT2D eigenvalue weighted by Gasteiger charge is -2.27. The van der Waals surface area contributed by atoms with E-state index in [9.17, 15) is 4.79 Å². The summed E-state index contributed by atoms with van der Waals surface area (Å²) in [6, 6.07) is 0. The second-order valence-corrected chi connectivity index (χ2v) is 5.89.